The van der Waals surface area contributed by atoms with Gasteiger partial charge in [-0.05, 0) is 32.0 Å². The van der Waals surface area contributed by atoms with Gasteiger partial charge in [-0.1, -0.05) is 0 Å². The first-order chi connectivity index (χ1) is 13.0. The van der Waals surface area contributed by atoms with Crippen LogP contribution in [0.3, 0.4) is 0 Å². The van der Waals surface area contributed by atoms with Crippen LogP contribution in [0, 0.1) is 0 Å². The Balaban J connectivity index is 2.15. The van der Waals surface area contributed by atoms with E-state index in [1.165, 1.54) is 34.1 Å². The third-order valence-electron chi connectivity index (χ3n) is 4.72. The summed E-state index contributed by atoms with van der Waals surface area (Å²) in [6.45, 7) is 3.74. The number of hydrogen-bond acceptors (Lipinski definition) is 5. The molecular weight excluding hydrogens is 382 g/mol. The molecule has 10 heteroatoms. The molecule has 0 atom stereocenters. The minimum atomic E-state index is -3.87. The molecule has 0 unspecified atom stereocenters. The van der Waals surface area contributed by atoms with Gasteiger partial charge in [-0.3, -0.25) is 18.6 Å². The van der Waals surface area contributed by atoms with E-state index >= 15 is 0 Å². The van der Waals surface area contributed by atoms with Crippen LogP contribution in [0.15, 0.2) is 45.1 Å². The van der Waals surface area contributed by atoms with Gasteiger partial charge in [-0.15, -0.1) is 0 Å². The van der Waals surface area contributed by atoms with Gasteiger partial charge in [0.2, 0.25) is 10.0 Å². The third-order valence-corrected chi connectivity index (χ3v) is 6.74. The molecule has 0 saturated heterocycles. The second-order valence-electron chi connectivity index (χ2n) is 7.05. The molecule has 0 aliphatic rings. The second kappa shape index (κ2) is 7.02. The largest absolute Gasteiger partial charge is 0.330 e. The number of rotatable bonds is 5. The zero-order chi connectivity index (χ0) is 20.8. The summed E-state index contributed by atoms with van der Waals surface area (Å²) in [4.78, 5) is 24.6. The lowest BCUT2D eigenvalue weighted by Crippen LogP contribution is -2.38. The molecule has 0 radical (unpaired) electrons. The first-order valence-corrected chi connectivity index (χ1v) is 10.2. The van der Waals surface area contributed by atoms with Gasteiger partial charge in [0, 0.05) is 45.5 Å². The number of nitrogens with zero attached hydrogens (tertiary/aromatic N) is 5. The maximum atomic E-state index is 13.3. The van der Waals surface area contributed by atoms with Gasteiger partial charge >= 0.3 is 5.69 Å². The SMILES string of the molecule is CC(C)N(Cc1cnn(C)c1)S(=O)(=O)c1ccc2c(c1)c(=O)n(C)c(=O)n2C. The summed E-state index contributed by atoms with van der Waals surface area (Å²) in [5.74, 6) is 0. The smallest absolute Gasteiger partial charge is 0.296 e. The van der Waals surface area contributed by atoms with Crippen molar-refractivity contribution in [3.8, 4) is 0 Å². The predicted octanol–water partition coefficient (Wildman–Crippen LogP) is 0.570. The van der Waals surface area contributed by atoms with Crippen LogP contribution >= 0.6 is 0 Å². The van der Waals surface area contributed by atoms with Crippen molar-refractivity contribution in [3.05, 3.63) is 57.0 Å². The van der Waals surface area contributed by atoms with Crippen molar-refractivity contribution in [2.75, 3.05) is 0 Å². The van der Waals surface area contributed by atoms with E-state index in [2.05, 4.69) is 5.10 Å². The predicted molar refractivity (Wildman–Crippen MR) is 106 cm³/mol. The number of aryl methyl sites for hydroxylation is 2. The van der Waals surface area contributed by atoms with Crippen LogP contribution in [0.1, 0.15) is 19.4 Å². The highest BCUT2D eigenvalue weighted by molar-refractivity contribution is 7.89. The number of sulfonamides is 1. The van der Waals surface area contributed by atoms with E-state index in [1.807, 2.05) is 0 Å². The van der Waals surface area contributed by atoms with Crippen LogP contribution in [0.4, 0.5) is 0 Å². The molecule has 0 aliphatic carbocycles. The molecule has 2 heterocycles. The van der Waals surface area contributed by atoms with Crippen molar-refractivity contribution < 1.29 is 8.42 Å². The van der Waals surface area contributed by atoms with Gasteiger partial charge < -0.3 is 0 Å². The number of fused-ring (bicyclic) bond motifs is 1. The van der Waals surface area contributed by atoms with Gasteiger partial charge in [0.25, 0.3) is 5.56 Å². The summed E-state index contributed by atoms with van der Waals surface area (Å²) in [5, 5.41) is 4.26. The van der Waals surface area contributed by atoms with E-state index < -0.39 is 21.3 Å². The van der Waals surface area contributed by atoms with Crippen molar-refractivity contribution in [1.29, 1.82) is 0 Å². The van der Waals surface area contributed by atoms with E-state index in [0.29, 0.717) is 5.52 Å². The Hall–Kier alpha value is -2.72. The van der Waals surface area contributed by atoms with E-state index in [4.69, 9.17) is 0 Å². The van der Waals surface area contributed by atoms with Gasteiger partial charge in [-0.2, -0.15) is 9.40 Å². The first kappa shape index (κ1) is 20.0. The number of aromatic nitrogens is 4. The standard InChI is InChI=1S/C18H23N5O4S/c1-12(2)23(11-13-9-19-20(3)10-13)28(26,27)14-6-7-16-15(8-14)17(24)22(5)18(25)21(16)4/h6-10,12H,11H2,1-5H3. The molecule has 0 spiro atoms. The zero-order valence-electron chi connectivity index (χ0n) is 16.4. The number of hydrogen-bond donors (Lipinski definition) is 0. The lowest BCUT2D eigenvalue weighted by atomic mass is 10.2. The molecule has 0 N–H and O–H groups in total. The Kier molecular flexibility index (Phi) is 5.02. The monoisotopic (exact) mass is 405 g/mol. The number of benzene rings is 1. The summed E-state index contributed by atoms with van der Waals surface area (Å²) in [6, 6.07) is 3.96. The van der Waals surface area contributed by atoms with E-state index in [0.717, 1.165) is 10.1 Å². The Labute approximate surface area is 162 Å². The zero-order valence-corrected chi connectivity index (χ0v) is 17.3. The summed E-state index contributed by atoms with van der Waals surface area (Å²) < 4.78 is 31.9. The van der Waals surface area contributed by atoms with Crippen LogP contribution in [0.2, 0.25) is 0 Å². The fraction of sp³-hybridized carbons (Fsp3) is 0.389. The maximum Gasteiger partial charge on any atom is 0.330 e. The van der Waals surface area contributed by atoms with Crippen LogP contribution < -0.4 is 11.2 Å². The molecule has 0 saturated carbocycles. The normalized spacial score (nSPS) is 12.4. The van der Waals surface area contributed by atoms with Gasteiger partial charge in [-0.25, -0.2) is 13.2 Å². The van der Waals surface area contributed by atoms with Crippen molar-refractivity contribution in [2.24, 2.45) is 21.1 Å². The van der Waals surface area contributed by atoms with Gasteiger partial charge in [0.1, 0.15) is 0 Å². The molecule has 9 nitrogen and oxygen atoms in total. The highest BCUT2D eigenvalue weighted by atomic mass is 32.2. The molecule has 150 valence electrons. The molecule has 2 aromatic heterocycles. The Morgan fingerprint density at radius 3 is 2.36 bits per heavy atom. The van der Waals surface area contributed by atoms with E-state index in [-0.39, 0.29) is 22.9 Å². The molecule has 0 amide bonds. The second-order valence-corrected chi connectivity index (χ2v) is 8.94. The lowest BCUT2D eigenvalue weighted by Gasteiger charge is -2.25. The van der Waals surface area contributed by atoms with Crippen molar-refractivity contribution >= 4 is 20.9 Å². The summed E-state index contributed by atoms with van der Waals surface area (Å²) >= 11 is 0. The Bertz CT molecular complexity index is 1270. The van der Waals surface area contributed by atoms with Crippen LogP contribution in [-0.2, 0) is 37.7 Å². The molecule has 3 rings (SSSR count). The van der Waals surface area contributed by atoms with E-state index in [9.17, 15) is 18.0 Å². The van der Waals surface area contributed by atoms with Crippen molar-refractivity contribution in [2.45, 2.75) is 31.3 Å². The average molecular weight is 405 g/mol. The van der Waals surface area contributed by atoms with Crippen LogP contribution in [-0.4, -0.2) is 37.7 Å². The summed E-state index contributed by atoms with van der Waals surface area (Å²) in [5.41, 5.74) is 0.154. The molecule has 0 aliphatic heterocycles. The summed E-state index contributed by atoms with van der Waals surface area (Å²) in [6.07, 6.45) is 3.38. The molecule has 0 bridgehead atoms. The fourth-order valence-corrected chi connectivity index (χ4v) is 4.80. The maximum absolute atomic E-state index is 13.3. The topological polar surface area (TPSA) is 99.2 Å². The fourth-order valence-electron chi connectivity index (χ4n) is 3.15. The first-order valence-electron chi connectivity index (χ1n) is 8.73. The molecule has 28 heavy (non-hydrogen) atoms. The molecule has 3 aromatic rings. The Morgan fingerprint density at radius 1 is 1.11 bits per heavy atom. The minimum absolute atomic E-state index is 0.00772. The molecule has 0 fully saturated rings. The van der Waals surface area contributed by atoms with Crippen LogP contribution in [0.5, 0.6) is 0 Å². The average Bonchev–Trinajstić information content (AvgIpc) is 3.06. The van der Waals surface area contributed by atoms with Gasteiger partial charge in [0.15, 0.2) is 0 Å². The highest BCUT2D eigenvalue weighted by Gasteiger charge is 2.28. The molecular formula is C18H23N5O4S. The highest BCUT2D eigenvalue weighted by Crippen LogP contribution is 2.23. The van der Waals surface area contributed by atoms with Crippen molar-refractivity contribution in [1.82, 2.24) is 23.2 Å². The third kappa shape index (κ3) is 3.29. The van der Waals surface area contributed by atoms with Gasteiger partial charge in [0.05, 0.1) is 22.0 Å². The van der Waals surface area contributed by atoms with Crippen molar-refractivity contribution in [3.63, 3.8) is 0 Å². The summed E-state index contributed by atoms with van der Waals surface area (Å²) in [7, 11) is 0.804. The van der Waals surface area contributed by atoms with E-state index in [1.54, 1.807) is 45.0 Å². The minimum Gasteiger partial charge on any atom is -0.296 e. The Morgan fingerprint density at radius 2 is 1.79 bits per heavy atom. The quantitative estimate of drug-likeness (QED) is 0.618. The van der Waals surface area contributed by atoms with Crippen LogP contribution in [0.25, 0.3) is 10.9 Å². The lowest BCUT2D eigenvalue weighted by molar-refractivity contribution is 0.348. The molecule has 1 aromatic carbocycles.